The lowest BCUT2D eigenvalue weighted by molar-refractivity contribution is 0.263. The first kappa shape index (κ1) is 14.5. The normalized spacial score (nSPS) is 15.5. The molecule has 0 saturated heterocycles. The second-order valence-corrected chi connectivity index (χ2v) is 6.76. The highest BCUT2D eigenvalue weighted by atomic mass is 32.1. The van der Waals surface area contributed by atoms with E-state index in [1.165, 1.54) is 35.4 Å². The molecule has 4 heteroatoms. The first-order valence-corrected chi connectivity index (χ1v) is 8.64. The van der Waals surface area contributed by atoms with E-state index in [0.29, 0.717) is 0 Å². The average molecular weight is 301 g/mol. The molecule has 2 aromatic rings. The Bertz CT molecular complexity index is 579. The number of thiazole rings is 1. The quantitative estimate of drug-likeness (QED) is 0.907. The summed E-state index contributed by atoms with van der Waals surface area (Å²) in [5, 5.41) is 4.43. The Morgan fingerprint density at radius 3 is 3.00 bits per heavy atom. The average Bonchev–Trinajstić information content (AvgIpc) is 2.83. The molecule has 3 rings (SSSR count). The molecule has 0 bridgehead atoms. The second-order valence-electron chi connectivity index (χ2n) is 5.64. The van der Waals surface area contributed by atoms with Crippen LogP contribution in [-0.2, 0) is 19.5 Å². The highest BCUT2D eigenvalue weighted by Gasteiger charge is 2.15. The number of benzene rings is 1. The Balaban J connectivity index is 1.64. The van der Waals surface area contributed by atoms with Crippen molar-refractivity contribution in [1.29, 1.82) is 0 Å². The molecule has 2 heterocycles. The van der Waals surface area contributed by atoms with Gasteiger partial charge >= 0.3 is 0 Å². The van der Waals surface area contributed by atoms with Gasteiger partial charge in [-0.05, 0) is 36.9 Å². The number of nitrogens with zero attached hydrogens (tertiary/aromatic N) is 2. The molecule has 1 aromatic heterocycles. The minimum Gasteiger partial charge on any atom is -0.362 e. The zero-order valence-corrected chi connectivity index (χ0v) is 13.5. The summed E-state index contributed by atoms with van der Waals surface area (Å²) in [5.74, 6) is 0. The number of hydrogen-bond donors (Lipinski definition) is 1. The lowest BCUT2D eigenvalue weighted by Crippen LogP contribution is -2.22. The highest BCUT2D eigenvalue weighted by molar-refractivity contribution is 7.15. The lowest BCUT2D eigenvalue weighted by Gasteiger charge is -2.19. The lowest BCUT2D eigenvalue weighted by atomic mass is 10.0. The summed E-state index contributed by atoms with van der Waals surface area (Å²) < 4.78 is 0. The van der Waals surface area contributed by atoms with Crippen LogP contribution in [0.3, 0.4) is 0 Å². The van der Waals surface area contributed by atoms with Gasteiger partial charge in [0.1, 0.15) is 0 Å². The molecule has 0 unspecified atom stereocenters. The number of aryl methyl sites for hydroxylation is 1. The van der Waals surface area contributed by atoms with E-state index >= 15 is 0 Å². The second kappa shape index (κ2) is 7.05. The zero-order valence-electron chi connectivity index (χ0n) is 12.6. The van der Waals surface area contributed by atoms with Gasteiger partial charge in [-0.3, -0.25) is 4.90 Å². The third-order valence-electron chi connectivity index (χ3n) is 3.89. The van der Waals surface area contributed by atoms with Crippen LogP contribution < -0.4 is 5.32 Å². The third kappa shape index (κ3) is 3.83. The Morgan fingerprint density at radius 1 is 1.29 bits per heavy atom. The van der Waals surface area contributed by atoms with E-state index in [1.54, 1.807) is 11.3 Å². The standard InChI is InChI=1S/C17H23N3S/c1-2-9-18-17-19-11-16(21-17)13-20-10-5-8-14-6-3-4-7-15(14)12-20/h3-4,6-7,11H,2,5,8-10,12-13H2,1H3,(H,18,19). The smallest absolute Gasteiger partial charge is 0.182 e. The van der Waals surface area contributed by atoms with Crippen LogP contribution in [0.1, 0.15) is 35.8 Å². The highest BCUT2D eigenvalue weighted by Crippen LogP contribution is 2.23. The number of hydrogen-bond acceptors (Lipinski definition) is 4. The SMILES string of the molecule is CCCNc1ncc(CN2CCCc3ccccc3C2)s1. The predicted octanol–water partition coefficient (Wildman–Crippen LogP) is 3.91. The number of anilines is 1. The summed E-state index contributed by atoms with van der Waals surface area (Å²) in [6.07, 6.45) is 5.62. The Labute approximate surface area is 131 Å². The van der Waals surface area contributed by atoms with E-state index in [-0.39, 0.29) is 0 Å². The Morgan fingerprint density at radius 2 is 2.14 bits per heavy atom. The summed E-state index contributed by atoms with van der Waals surface area (Å²) in [6, 6.07) is 8.86. The molecule has 0 saturated carbocycles. The van der Waals surface area contributed by atoms with Gasteiger partial charge in [-0.2, -0.15) is 0 Å². The van der Waals surface area contributed by atoms with Crippen molar-refractivity contribution in [2.24, 2.45) is 0 Å². The molecular weight excluding hydrogens is 278 g/mol. The first-order valence-electron chi connectivity index (χ1n) is 7.83. The Hall–Kier alpha value is -1.39. The molecule has 0 spiro atoms. The molecule has 1 aliphatic rings. The van der Waals surface area contributed by atoms with Crippen molar-refractivity contribution in [1.82, 2.24) is 9.88 Å². The maximum absolute atomic E-state index is 4.47. The van der Waals surface area contributed by atoms with E-state index in [9.17, 15) is 0 Å². The topological polar surface area (TPSA) is 28.2 Å². The van der Waals surface area contributed by atoms with Crippen LogP contribution in [0.2, 0.25) is 0 Å². The number of nitrogens with one attached hydrogen (secondary N) is 1. The van der Waals surface area contributed by atoms with Crippen LogP contribution in [0.15, 0.2) is 30.5 Å². The maximum Gasteiger partial charge on any atom is 0.182 e. The fourth-order valence-electron chi connectivity index (χ4n) is 2.82. The van der Waals surface area contributed by atoms with E-state index in [1.807, 2.05) is 6.20 Å². The molecule has 21 heavy (non-hydrogen) atoms. The summed E-state index contributed by atoms with van der Waals surface area (Å²) in [6.45, 7) is 6.43. The molecule has 1 aromatic carbocycles. The van der Waals surface area contributed by atoms with Crippen LogP contribution in [0.25, 0.3) is 0 Å². The minimum absolute atomic E-state index is 1.00. The molecule has 0 atom stereocenters. The molecule has 3 nitrogen and oxygen atoms in total. The molecule has 0 amide bonds. The summed E-state index contributed by atoms with van der Waals surface area (Å²) in [4.78, 5) is 8.37. The van der Waals surface area contributed by atoms with Crippen molar-refractivity contribution in [2.45, 2.75) is 39.3 Å². The summed E-state index contributed by atoms with van der Waals surface area (Å²) >= 11 is 1.79. The van der Waals surface area contributed by atoms with Crippen LogP contribution in [-0.4, -0.2) is 23.0 Å². The minimum atomic E-state index is 1.00. The van der Waals surface area contributed by atoms with Gasteiger partial charge in [-0.1, -0.05) is 31.2 Å². The van der Waals surface area contributed by atoms with Gasteiger partial charge < -0.3 is 5.32 Å². The molecule has 0 fully saturated rings. The van der Waals surface area contributed by atoms with E-state index in [2.05, 4.69) is 46.4 Å². The molecule has 0 aliphatic carbocycles. The Kier molecular flexibility index (Phi) is 4.88. The van der Waals surface area contributed by atoms with Crippen molar-refractivity contribution in [3.05, 3.63) is 46.5 Å². The summed E-state index contributed by atoms with van der Waals surface area (Å²) in [5.41, 5.74) is 3.01. The number of fused-ring (bicyclic) bond motifs is 1. The van der Waals surface area contributed by atoms with Gasteiger partial charge in [-0.25, -0.2) is 4.98 Å². The van der Waals surface area contributed by atoms with Gasteiger partial charge in [0.15, 0.2) is 5.13 Å². The van der Waals surface area contributed by atoms with Gasteiger partial charge in [0.25, 0.3) is 0 Å². The molecule has 0 radical (unpaired) electrons. The third-order valence-corrected chi connectivity index (χ3v) is 4.83. The van der Waals surface area contributed by atoms with Gasteiger partial charge in [-0.15, -0.1) is 11.3 Å². The van der Waals surface area contributed by atoms with Gasteiger partial charge in [0.2, 0.25) is 0 Å². The van der Waals surface area contributed by atoms with Gasteiger partial charge in [0, 0.05) is 30.7 Å². The molecular formula is C17H23N3S. The van der Waals surface area contributed by atoms with Gasteiger partial charge in [0.05, 0.1) is 0 Å². The number of aromatic nitrogens is 1. The fraction of sp³-hybridized carbons (Fsp3) is 0.471. The van der Waals surface area contributed by atoms with Crippen LogP contribution in [0.5, 0.6) is 0 Å². The fourth-order valence-corrected chi connectivity index (χ4v) is 3.70. The monoisotopic (exact) mass is 301 g/mol. The van der Waals surface area contributed by atoms with Crippen molar-refractivity contribution < 1.29 is 0 Å². The van der Waals surface area contributed by atoms with Crippen molar-refractivity contribution in [2.75, 3.05) is 18.4 Å². The first-order chi connectivity index (χ1) is 10.3. The zero-order chi connectivity index (χ0) is 14.5. The van der Waals surface area contributed by atoms with Crippen molar-refractivity contribution in [3.8, 4) is 0 Å². The van der Waals surface area contributed by atoms with Crippen LogP contribution >= 0.6 is 11.3 Å². The maximum atomic E-state index is 4.47. The number of rotatable bonds is 5. The van der Waals surface area contributed by atoms with Crippen LogP contribution in [0.4, 0.5) is 5.13 Å². The van der Waals surface area contributed by atoms with E-state index < -0.39 is 0 Å². The summed E-state index contributed by atoms with van der Waals surface area (Å²) in [7, 11) is 0. The molecule has 1 aliphatic heterocycles. The van der Waals surface area contributed by atoms with Crippen molar-refractivity contribution >= 4 is 16.5 Å². The van der Waals surface area contributed by atoms with Crippen LogP contribution in [0, 0.1) is 0 Å². The van der Waals surface area contributed by atoms with E-state index in [0.717, 1.165) is 31.2 Å². The van der Waals surface area contributed by atoms with E-state index in [4.69, 9.17) is 0 Å². The molecule has 112 valence electrons. The predicted molar refractivity (Wildman–Crippen MR) is 89.8 cm³/mol. The largest absolute Gasteiger partial charge is 0.362 e. The van der Waals surface area contributed by atoms with Crippen molar-refractivity contribution in [3.63, 3.8) is 0 Å². The molecule has 1 N–H and O–H groups in total.